The van der Waals surface area contributed by atoms with Crippen LogP contribution in [-0.2, 0) is 11.2 Å². The third-order valence-electron chi connectivity index (χ3n) is 4.49. The van der Waals surface area contributed by atoms with E-state index in [2.05, 4.69) is 6.58 Å². The average Bonchev–Trinajstić information content (AvgIpc) is 2.54. The van der Waals surface area contributed by atoms with Gasteiger partial charge in [0.25, 0.3) is 0 Å². The van der Waals surface area contributed by atoms with E-state index in [1.165, 1.54) is 0 Å². The van der Waals surface area contributed by atoms with Crippen LogP contribution in [0.25, 0.3) is 0 Å². The number of carbonyl (C=O) groups is 1. The Kier molecular flexibility index (Phi) is 5.61. The van der Waals surface area contributed by atoms with E-state index in [9.17, 15) is 15.0 Å². The smallest absolute Gasteiger partial charge is 0.222 e. The molecule has 22 heavy (non-hydrogen) atoms. The Morgan fingerprint density at radius 3 is 2.73 bits per heavy atom. The first-order valence-electron chi connectivity index (χ1n) is 7.86. The number of aryl methyl sites for hydroxylation is 1. The molecule has 0 spiro atoms. The second-order valence-electron chi connectivity index (χ2n) is 6.24. The van der Waals surface area contributed by atoms with Crippen molar-refractivity contribution in [3.8, 4) is 5.75 Å². The first-order valence-corrected chi connectivity index (χ1v) is 7.86. The van der Waals surface area contributed by atoms with Gasteiger partial charge in [0, 0.05) is 24.9 Å². The highest BCUT2D eigenvalue weighted by molar-refractivity contribution is 5.76. The van der Waals surface area contributed by atoms with Gasteiger partial charge in [0.05, 0.1) is 6.61 Å². The predicted octanol–water partition coefficient (Wildman–Crippen LogP) is 2.50. The molecule has 1 fully saturated rings. The Morgan fingerprint density at radius 2 is 2.09 bits per heavy atom. The number of rotatable bonds is 6. The number of hydrogen-bond acceptors (Lipinski definition) is 3. The summed E-state index contributed by atoms with van der Waals surface area (Å²) in [6.07, 6.45) is 5.58. The minimum absolute atomic E-state index is 0.0980. The van der Waals surface area contributed by atoms with Crippen LogP contribution < -0.4 is 0 Å². The van der Waals surface area contributed by atoms with Crippen molar-refractivity contribution in [3.05, 3.63) is 42.5 Å². The summed E-state index contributed by atoms with van der Waals surface area (Å²) < 4.78 is 0. The molecule has 0 aromatic heterocycles. The van der Waals surface area contributed by atoms with E-state index in [0.29, 0.717) is 19.4 Å². The van der Waals surface area contributed by atoms with Gasteiger partial charge in [-0.05, 0) is 43.4 Å². The van der Waals surface area contributed by atoms with Crippen molar-refractivity contribution in [2.24, 2.45) is 5.41 Å². The van der Waals surface area contributed by atoms with E-state index in [1.807, 2.05) is 23.1 Å². The molecule has 1 heterocycles. The molecule has 0 bridgehead atoms. The molecule has 1 aromatic rings. The van der Waals surface area contributed by atoms with Crippen molar-refractivity contribution in [1.82, 2.24) is 4.90 Å². The number of piperidine rings is 1. The third kappa shape index (κ3) is 4.10. The summed E-state index contributed by atoms with van der Waals surface area (Å²) in [4.78, 5) is 14.3. The third-order valence-corrected chi connectivity index (χ3v) is 4.49. The molecule has 120 valence electrons. The summed E-state index contributed by atoms with van der Waals surface area (Å²) in [5, 5.41) is 19.0. The summed E-state index contributed by atoms with van der Waals surface area (Å²) >= 11 is 0. The van der Waals surface area contributed by atoms with E-state index in [-0.39, 0.29) is 23.7 Å². The number of benzene rings is 1. The van der Waals surface area contributed by atoms with Gasteiger partial charge in [-0.2, -0.15) is 0 Å². The zero-order valence-electron chi connectivity index (χ0n) is 13.0. The lowest BCUT2D eigenvalue weighted by Crippen LogP contribution is -2.47. The van der Waals surface area contributed by atoms with Crippen LogP contribution >= 0.6 is 0 Å². The number of aromatic hydroxyl groups is 1. The van der Waals surface area contributed by atoms with E-state index in [1.54, 1.807) is 12.1 Å². The molecule has 1 saturated heterocycles. The van der Waals surface area contributed by atoms with Crippen LogP contribution in [0.2, 0.25) is 0 Å². The number of nitrogens with zero attached hydrogens (tertiary/aromatic N) is 1. The zero-order valence-corrected chi connectivity index (χ0v) is 13.0. The molecule has 1 atom stereocenters. The van der Waals surface area contributed by atoms with E-state index in [4.69, 9.17) is 0 Å². The average molecular weight is 303 g/mol. The molecule has 1 amide bonds. The van der Waals surface area contributed by atoms with Gasteiger partial charge in [0.15, 0.2) is 0 Å². The number of allylic oxidation sites excluding steroid dienone is 1. The maximum absolute atomic E-state index is 12.4. The number of phenolic OH excluding ortho intramolecular Hbond substituents is 1. The number of aliphatic hydroxyl groups excluding tert-OH is 1. The van der Waals surface area contributed by atoms with Crippen LogP contribution in [0, 0.1) is 5.41 Å². The normalized spacial score (nSPS) is 21.6. The summed E-state index contributed by atoms with van der Waals surface area (Å²) in [7, 11) is 0. The van der Waals surface area contributed by atoms with Crippen molar-refractivity contribution in [1.29, 1.82) is 0 Å². The Labute approximate surface area is 132 Å². The van der Waals surface area contributed by atoms with Crippen LogP contribution in [0.3, 0.4) is 0 Å². The predicted molar refractivity (Wildman–Crippen MR) is 86.6 cm³/mol. The topological polar surface area (TPSA) is 60.8 Å². The lowest BCUT2D eigenvalue weighted by atomic mass is 9.77. The number of aliphatic hydroxyl groups is 1. The van der Waals surface area contributed by atoms with Gasteiger partial charge in [0.1, 0.15) is 5.75 Å². The Balaban J connectivity index is 1.91. The second-order valence-corrected chi connectivity index (χ2v) is 6.24. The SMILES string of the molecule is C=CC[C@@]1(CO)CCCN(C(=O)CCc2ccc(O)cc2)C1. The van der Waals surface area contributed by atoms with Crippen molar-refractivity contribution < 1.29 is 15.0 Å². The molecule has 2 N–H and O–H groups in total. The molecular formula is C18H25NO3. The highest BCUT2D eigenvalue weighted by Gasteiger charge is 2.35. The van der Waals surface area contributed by atoms with Gasteiger partial charge >= 0.3 is 0 Å². The van der Waals surface area contributed by atoms with E-state index < -0.39 is 0 Å². The first-order chi connectivity index (χ1) is 10.6. The maximum Gasteiger partial charge on any atom is 0.222 e. The highest BCUT2D eigenvalue weighted by atomic mass is 16.3. The van der Waals surface area contributed by atoms with E-state index >= 15 is 0 Å². The maximum atomic E-state index is 12.4. The Morgan fingerprint density at radius 1 is 1.36 bits per heavy atom. The number of amides is 1. The van der Waals surface area contributed by atoms with Crippen molar-refractivity contribution in [3.63, 3.8) is 0 Å². The Hall–Kier alpha value is -1.81. The molecule has 0 unspecified atom stereocenters. The minimum atomic E-state index is -0.214. The van der Waals surface area contributed by atoms with Gasteiger partial charge in [0.2, 0.25) is 5.91 Å². The number of phenols is 1. The molecule has 0 aliphatic carbocycles. The largest absolute Gasteiger partial charge is 0.508 e. The van der Waals surface area contributed by atoms with Crippen molar-refractivity contribution >= 4 is 5.91 Å². The first kappa shape index (κ1) is 16.6. The van der Waals surface area contributed by atoms with E-state index in [0.717, 1.165) is 31.4 Å². The van der Waals surface area contributed by atoms with Gasteiger partial charge in [-0.3, -0.25) is 4.79 Å². The van der Waals surface area contributed by atoms with Gasteiger partial charge in [-0.25, -0.2) is 0 Å². The molecule has 4 heteroatoms. The lowest BCUT2D eigenvalue weighted by Gasteiger charge is -2.41. The monoisotopic (exact) mass is 303 g/mol. The van der Waals surface area contributed by atoms with Crippen LogP contribution in [0.1, 0.15) is 31.2 Å². The van der Waals surface area contributed by atoms with Crippen molar-refractivity contribution in [2.75, 3.05) is 19.7 Å². The molecule has 0 radical (unpaired) electrons. The van der Waals surface area contributed by atoms with Crippen molar-refractivity contribution in [2.45, 2.75) is 32.1 Å². The van der Waals surface area contributed by atoms with Gasteiger partial charge in [-0.15, -0.1) is 6.58 Å². The fourth-order valence-electron chi connectivity index (χ4n) is 3.16. The lowest BCUT2D eigenvalue weighted by molar-refractivity contribution is -0.135. The molecule has 4 nitrogen and oxygen atoms in total. The molecule has 1 aliphatic heterocycles. The second kappa shape index (κ2) is 7.45. The molecule has 1 aliphatic rings. The fraction of sp³-hybridized carbons (Fsp3) is 0.500. The zero-order chi connectivity index (χ0) is 16.0. The Bertz CT molecular complexity index is 512. The van der Waals surface area contributed by atoms with Crippen LogP contribution in [-0.4, -0.2) is 40.7 Å². The summed E-state index contributed by atoms with van der Waals surface area (Å²) in [6.45, 7) is 5.25. The standard InChI is InChI=1S/C18H25NO3/c1-2-10-18(14-20)11-3-12-19(13-18)17(22)9-6-15-4-7-16(21)8-5-15/h2,4-5,7-8,20-21H,1,3,6,9-14H2/t18-/m1/s1. The minimum Gasteiger partial charge on any atom is -0.508 e. The number of carbonyl (C=O) groups excluding carboxylic acids is 1. The highest BCUT2D eigenvalue weighted by Crippen LogP contribution is 2.33. The summed E-state index contributed by atoms with van der Waals surface area (Å²) in [5.74, 6) is 0.373. The molecular weight excluding hydrogens is 278 g/mol. The number of hydrogen-bond donors (Lipinski definition) is 2. The molecule has 2 rings (SSSR count). The molecule has 1 aromatic carbocycles. The summed E-state index contributed by atoms with van der Waals surface area (Å²) in [6, 6.07) is 6.96. The van der Waals surface area contributed by atoms with Gasteiger partial charge in [-0.1, -0.05) is 18.2 Å². The molecule has 0 saturated carbocycles. The van der Waals surface area contributed by atoms with Crippen LogP contribution in [0.4, 0.5) is 0 Å². The quantitative estimate of drug-likeness (QED) is 0.794. The van der Waals surface area contributed by atoms with Crippen LogP contribution in [0.15, 0.2) is 36.9 Å². The summed E-state index contributed by atoms with van der Waals surface area (Å²) in [5.41, 5.74) is 0.830. The van der Waals surface area contributed by atoms with Crippen LogP contribution in [0.5, 0.6) is 5.75 Å². The number of likely N-dealkylation sites (tertiary alicyclic amines) is 1. The fourth-order valence-corrected chi connectivity index (χ4v) is 3.16. The van der Waals surface area contributed by atoms with Gasteiger partial charge < -0.3 is 15.1 Å².